The molecule has 1 heterocycles. The molecule has 3 nitrogen and oxygen atoms in total. The normalized spacial score (nSPS) is 16.1. The van der Waals surface area contributed by atoms with Crippen molar-refractivity contribution in [3.05, 3.63) is 21.4 Å². The van der Waals surface area contributed by atoms with Crippen molar-refractivity contribution in [3.63, 3.8) is 0 Å². The topological polar surface area (TPSA) is 55.1 Å². The van der Waals surface area contributed by atoms with Gasteiger partial charge in [0.2, 0.25) is 0 Å². The van der Waals surface area contributed by atoms with Gasteiger partial charge in [-0.25, -0.2) is 0 Å². The summed E-state index contributed by atoms with van der Waals surface area (Å²) in [6.07, 6.45) is 3.51. The number of carbonyl (C=O) groups is 1. The molecule has 3 N–H and O–H groups in total. The van der Waals surface area contributed by atoms with Gasteiger partial charge >= 0.3 is 0 Å². The molecule has 82 valence electrons. The molecule has 0 saturated carbocycles. The van der Waals surface area contributed by atoms with Gasteiger partial charge in [-0.1, -0.05) is 0 Å². The van der Waals surface area contributed by atoms with E-state index in [0.29, 0.717) is 6.54 Å². The molecule has 0 radical (unpaired) electrons. The Morgan fingerprint density at radius 2 is 2.47 bits per heavy atom. The lowest BCUT2D eigenvalue weighted by Gasteiger charge is -2.05. The molecule has 1 aromatic heterocycles. The average Bonchev–Trinajstić information content (AvgIpc) is 2.72. The Labute approximate surface area is 93.7 Å². The minimum Gasteiger partial charge on any atom is -0.350 e. The van der Waals surface area contributed by atoms with E-state index in [1.54, 1.807) is 11.3 Å². The minimum absolute atomic E-state index is 0.0146. The third-order valence-corrected chi connectivity index (χ3v) is 3.79. The Balaban J connectivity index is 2.00. The molecule has 1 aromatic rings. The van der Waals surface area contributed by atoms with Crippen molar-refractivity contribution in [1.29, 1.82) is 0 Å². The fourth-order valence-electron chi connectivity index (χ4n) is 1.78. The Morgan fingerprint density at radius 3 is 3.13 bits per heavy atom. The van der Waals surface area contributed by atoms with Crippen LogP contribution in [0.5, 0.6) is 0 Å². The number of hydrogen-bond donors (Lipinski definition) is 2. The third-order valence-electron chi connectivity index (χ3n) is 2.55. The van der Waals surface area contributed by atoms with E-state index in [1.807, 2.05) is 13.0 Å². The monoisotopic (exact) mass is 224 g/mol. The number of nitrogens with one attached hydrogen (secondary N) is 1. The lowest BCUT2D eigenvalue weighted by atomic mass is 10.2. The van der Waals surface area contributed by atoms with E-state index < -0.39 is 0 Å². The molecule has 0 spiro atoms. The molecule has 0 aromatic carbocycles. The predicted molar refractivity (Wildman–Crippen MR) is 62.3 cm³/mol. The van der Waals surface area contributed by atoms with E-state index in [9.17, 15) is 4.79 Å². The summed E-state index contributed by atoms with van der Waals surface area (Å²) in [5, 5.41) is 2.83. The van der Waals surface area contributed by atoms with Crippen LogP contribution in [0.3, 0.4) is 0 Å². The fourth-order valence-corrected chi connectivity index (χ4v) is 2.95. The first-order chi connectivity index (χ1) is 7.16. The number of hydrogen-bond acceptors (Lipinski definition) is 3. The summed E-state index contributed by atoms with van der Waals surface area (Å²) in [5.74, 6) is 0.0201. The van der Waals surface area contributed by atoms with Crippen molar-refractivity contribution in [2.45, 2.75) is 32.2 Å². The highest BCUT2D eigenvalue weighted by atomic mass is 32.1. The summed E-state index contributed by atoms with van der Waals surface area (Å²) in [5.41, 5.74) is 6.95. The summed E-state index contributed by atoms with van der Waals surface area (Å²) < 4.78 is 0. The molecule has 0 fully saturated rings. The fraction of sp³-hybridized carbons (Fsp3) is 0.545. The van der Waals surface area contributed by atoms with Crippen LogP contribution in [0, 0.1) is 0 Å². The first-order valence-electron chi connectivity index (χ1n) is 5.32. The van der Waals surface area contributed by atoms with Crippen LogP contribution in [0.1, 0.15) is 33.5 Å². The van der Waals surface area contributed by atoms with Crippen LogP contribution < -0.4 is 11.1 Å². The standard InChI is InChI=1S/C11H16N2OS/c1-7(12)6-13-11(14)10-5-8-3-2-4-9(8)15-10/h5,7H,2-4,6,12H2,1H3,(H,13,14). The van der Waals surface area contributed by atoms with Gasteiger partial charge in [-0.3, -0.25) is 4.79 Å². The summed E-state index contributed by atoms with van der Waals surface area (Å²) >= 11 is 1.63. The second-order valence-electron chi connectivity index (χ2n) is 4.10. The Morgan fingerprint density at radius 1 is 1.67 bits per heavy atom. The summed E-state index contributed by atoms with van der Waals surface area (Å²) in [6, 6.07) is 2.05. The summed E-state index contributed by atoms with van der Waals surface area (Å²) in [4.78, 5) is 13.9. The zero-order chi connectivity index (χ0) is 10.8. The van der Waals surface area contributed by atoms with Gasteiger partial charge in [0, 0.05) is 17.5 Å². The van der Waals surface area contributed by atoms with Crippen LogP contribution in [0.4, 0.5) is 0 Å². The maximum absolute atomic E-state index is 11.7. The molecule has 2 rings (SSSR count). The number of amides is 1. The number of nitrogens with two attached hydrogens (primary N) is 1. The zero-order valence-electron chi connectivity index (χ0n) is 8.88. The van der Waals surface area contributed by atoms with Gasteiger partial charge in [-0.15, -0.1) is 11.3 Å². The van der Waals surface area contributed by atoms with E-state index in [4.69, 9.17) is 5.73 Å². The molecule has 0 aliphatic heterocycles. The number of rotatable bonds is 3. The van der Waals surface area contributed by atoms with Gasteiger partial charge in [0.1, 0.15) is 0 Å². The maximum atomic E-state index is 11.7. The summed E-state index contributed by atoms with van der Waals surface area (Å²) in [7, 11) is 0. The lowest BCUT2D eigenvalue weighted by Crippen LogP contribution is -2.34. The van der Waals surface area contributed by atoms with E-state index >= 15 is 0 Å². The van der Waals surface area contributed by atoms with Crippen LogP contribution in [0.25, 0.3) is 0 Å². The van der Waals surface area contributed by atoms with Crippen molar-refractivity contribution in [3.8, 4) is 0 Å². The van der Waals surface area contributed by atoms with Gasteiger partial charge in [-0.2, -0.15) is 0 Å². The van der Waals surface area contributed by atoms with E-state index in [1.165, 1.54) is 16.9 Å². The van der Waals surface area contributed by atoms with Crippen LogP contribution in [-0.4, -0.2) is 18.5 Å². The van der Waals surface area contributed by atoms with E-state index in [-0.39, 0.29) is 11.9 Å². The minimum atomic E-state index is 0.0146. The molecule has 4 heteroatoms. The molecule has 0 bridgehead atoms. The van der Waals surface area contributed by atoms with Gasteiger partial charge in [0.05, 0.1) is 4.88 Å². The highest BCUT2D eigenvalue weighted by molar-refractivity contribution is 7.14. The first kappa shape index (κ1) is 10.6. The summed E-state index contributed by atoms with van der Waals surface area (Å²) in [6.45, 7) is 2.43. The van der Waals surface area contributed by atoms with Crippen LogP contribution in [0.2, 0.25) is 0 Å². The Bertz CT molecular complexity index is 349. The Kier molecular flexibility index (Phi) is 3.07. The predicted octanol–water partition coefficient (Wildman–Crippen LogP) is 1.31. The van der Waals surface area contributed by atoms with Gasteiger partial charge in [0.15, 0.2) is 0 Å². The quantitative estimate of drug-likeness (QED) is 0.813. The molecule has 1 aliphatic carbocycles. The van der Waals surface area contributed by atoms with Crippen LogP contribution in [-0.2, 0) is 12.8 Å². The van der Waals surface area contributed by atoms with Crippen LogP contribution in [0.15, 0.2) is 6.07 Å². The molecular weight excluding hydrogens is 208 g/mol. The number of fused-ring (bicyclic) bond motifs is 1. The number of aryl methyl sites for hydroxylation is 2. The molecule has 1 atom stereocenters. The van der Waals surface area contributed by atoms with E-state index in [2.05, 4.69) is 5.32 Å². The van der Waals surface area contributed by atoms with E-state index in [0.717, 1.165) is 17.7 Å². The molecule has 1 unspecified atom stereocenters. The molecule has 15 heavy (non-hydrogen) atoms. The maximum Gasteiger partial charge on any atom is 0.261 e. The zero-order valence-corrected chi connectivity index (χ0v) is 9.69. The van der Waals surface area contributed by atoms with Crippen molar-refractivity contribution < 1.29 is 4.79 Å². The SMILES string of the molecule is CC(N)CNC(=O)c1cc2c(s1)CCC2. The third kappa shape index (κ3) is 2.38. The second-order valence-corrected chi connectivity index (χ2v) is 5.24. The highest BCUT2D eigenvalue weighted by Crippen LogP contribution is 2.30. The van der Waals surface area contributed by atoms with Crippen molar-refractivity contribution in [2.75, 3.05) is 6.54 Å². The molecular formula is C11H16N2OS. The molecule has 1 amide bonds. The highest BCUT2D eigenvalue weighted by Gasteiger charge is 2.18. The second kappa shape index (κ2) is 4.33. The van der Waals surface area contributed by atoms with Crippen molar-refractivity contribution in [1.82, 2.24) is 5.32 Å². The number of carbonyl (C=O) groups excluding carboxylic acids is 1. The van der Waals surface area contributed by atoms with Crippen molar-refractivity contribution >= 4 is 17.2 Å². The lowest BCUT2D eigenvalue weighted by molar-refractivity contribution is 0.0955. The largest absolute Gasteiger partial charge is 0.350 e. The van der Waals surface area contributed by atoms with Gasteiger partial charge < -0.3 is 11.1 Å². The average molecular weight is 224 g/mol. The number of thiophene rings is 1. The molecule has 0 saturated heterocycles. The van der Waals surface area contributed by atoms with Gasteiger partial charge in [-0.05, 0) is 37.8 Å². The Hall–Kier alpha value is -0.870. The van der Waals surface area contributed by atoms with Crippen LogP contribution >= 0.6 is 11.3 Å². The molecule has 1 aliphatic rings. The smallest absolute Gasteiger partial charge is 0.261 e. The van der Waals surface area contributed by atoms with Gasteiger partial charge in [0.25, 0.3) is 5.91 Å². The first-order valence-corrected chi connectivity index (χ1v) is 6.14. The van der Waals surface area contributed by atoms with Crippen molar-refractivity contribution in [2.24, 2.45) is 5.73 Å².